The topological polar surface area (TPSA) is 88.0 Å². The first-order valence-corrected chi connectivity index (χ1v) is 8.82. The Bertz CT molecular complexity index is 965. The SMILES string of the molecule is N#Cc1cnc(/C(F)=C/c2ccc(F)c(C3N=C(N)SC4CC43)c2)cn1. The van der Waals surface area contributed by atoms with E-state index in [9.17, 15) is 8.78 Å². The summed E-state index contributed by atoms with van der Waals surface area (Å²) in [5.41, 5.74) is 6.86. The number of nitriles is 1. The highest BCUT2D eigenvalue weighted by atomic mass is 32.2. The number of nitrogens with two attached hydrogens (primary N) is 1. The van der Waals surface area contributed by atoms with Crippen molar-refractivity contribution in [2.45, 2.75) is 17.7 Å². The molecule has 1 aliphatic carbocycles. The molecule has 3 unspecified atom stereocenters. The van der Waals surface area contributed by atoms with Gasteiger partial charge in [-0.15, -0.1) is 0 Å². The molecule has 130 valence electrons. The molecule has 2 aromatic rings. The van der Waals surface area contributed by atoms with Crippen LogP contribution < -0.4 is 5.73 Å². The molecule has 4 rings (SSSR count). The predicted molar refractivity (Wildman–Crippen MR) is 96.0 cm³/mol. The van der Waals surface area contributed by atoms with Crippen molar-refractivity contribution < 1.29 is 8.78 Å². The standard InChI is InChI=1S/C18H13F2N5S/c19-13-2-1-9(4-14(20)15-8-23-10(6-21)7-24-15)3-11(13)17-12-5-16(12)26-18(22)25-17/h1-4,7-8,12,16-17H,5H2,(H2,22,25)/b14-4-. The van der Waals surface area contributed by atoms with Crippen LogP contribution in [0, 0.1) is 23.1 Å². The zero-order chi connectivity index (χ0) is 18.3. The van der Waals surface area contributed by atoms with Gasteiger partial charge in [-0.1, -0.05) is 17.8 Å². The first kappa shape index (κ1) is 16.7. The molecule has 0 bridgehead atoms. The molecule has 3 atom stereocenters. The summed E-state index contributed by atoms with van der Waals surface area (Å²) < 4.78 is 28.7. The van der Waals surface area contributed by atoms with Gasteiger partial charge in [-0.05, 0) is 36.1 Å². The molecule has 2 aliphatic rings. The summed E-state index contributed by atoms with van der Waals surface area (Å²) >= 11 is 1.53. The van der Waals surface area contributed by atoms with Crippen molar-refractivity contribution in [3.8, 4) is 6.07 Å². The van der Waals surface area contributed by atoms with Gasteiger partial charge < -0.3 is 5.73 Å². The van der Waals surface area contributed by atoms with Crippen LogP contribution in [-0.2, 0) is 0 Å². The van der Waals surface area contributed by atoms with Crippen LogP contribution in [0.25, 0.3) is 11.9 Å². The summed E-state index contributed by atoms with van der Waals surface area (Å²) in [5.74, 6) is -0.721. The van der Waals surface area contributed by atoms with E-state index < -0.39 is 5.83 Å². The van der Waals surface area contributed by atoms with Crippen LogP contribution in [0.3, 0.4) is 0 Å². The van der Waals surface area contributed by atoms with Gasteiger partial charge in [0.05, 0.1) is 18.4 Å². The van der Waals surface area contributed by atoms with Gasteiger partial charge in [0.1, 0.15) is 17.6 Å². The fraction of sp³-hybridized carbons (Fsp3) is 0.222. The van der Waals surface area contributed by atoms with E-state index in [4.69, 9.17) is 11.0 Å². The van der Waals surface area contributed by atoms with Gasteiger partial charge in [-0.25, -0.2) is 18.7 Å². The summed E-state index contributed by atoms with van der Waals surface area (Å²) in [4.78, 5) is 12.0. The van der Waals surface area contributed by atoms with E-state index in [2.05, 4.69) is 15.0 Å². The highest BCUT2D eigenvalue weighted by Gasteiger charge is 2.48. The van der Waals surface area contributed by atoms with E-state index in [1.54, 1.807) is 6.07 Å². The number of fused-ring (bicyclic) bond motifs is 1. The molecular weight excluding hydrogens is 356 g/mol. The lowest BCUT2D eigenvalue weighted by atomic mass is 9.99. The van der Waals surface area contributed by atoms with Crippen LogP contribution in [0.15, 0.2) is 35.6 Å². The molecule has 1 fully saturated rings. The smallest absolute Gasteiger partial charge is 0.158 e. The number of aliphatic imine (C=N–C) groups is 1. The van der Waals surface area contributed by atoms with Crippen LogP contribution in [-0.4, -0.2) is 20.4 Å². The van der Waals surface area contributed by atoms with E-state index in [0.717, 1.165) is 6.42 Å². The Balaban J connectivity index is 1.65. The van der Waals surface area contributed by atoms with Gasteiger partial charge in [0.25, 0.3) is 0 Å². The second kappa shape index (κ2) is 6.50. The number of benzene rings is 1. The third-order valence-electron chi connectivity index (χ3n) is 4.37. The monoisotopic (exact) mass is 369 g/mol. The normalized spacial score (nSPS) is 24.4. The van der Waals surface area contributed by atoms with E-state index in [1.165, 1.54) is 42.4 Å². The Morgan fingerprint density at radius 3 is 2.92 bits per heavy atom. The summed E-state index contributed by atoms with van der Waals surface area (Å²) in [6, 6.07) is 5.89. The second-order valence-corrected chi connectivity index (χ2v) is 7.40. The zero-order valence-corrected chi connectivity index (χ0v) is 14.3. The average molecular weight is 369 g/mol. The molecule has 5 nitrogen and oxygen atoms in total. The lowest BCUT2D eigenvalue weighted by molar-refractivity contribution is 0.555. The van der Waals surface area contributed by atoms with Crippen molar-refractivity contribution in [3.05, 3.63) is 58.9 Å². The van der Waals surface area contributed by atoms with E-state index >= 15 is 0 Å². The first-order chi connectivity index (χ1) is 12.5. The minimum absolute atomic E-state index is 0.00784. The molecule has 1 aromatic carbocycles. The van der Waals surface area contributed by atoms with Crippen LogP contribution >= 0.6 is 11.8 Å². The van der Waals surface area contributed by atoms with Gasteiger partial charge in [0.2, 0.25) is 0 Å². The first-order valence-electron chi connectivity index (χ1n) is 7.94. The number of nitrogens with zero attached hydrogens (tertiary/aromatic N) is 4. The van der Waals surface area contributed by atoms with E-state index in [1.807, 2.05) is 6.07 Å². The third kappa shape index (κ3) is 3.18. The van der Waals surface area contributed by atoms with Crippen molar-refractivity contribution in [2.75, 3.05) is 0 Å². The van der Waals surface area contributed by atoms with Gasteiger partial charge in [0.15, 0.2) is 16.7 Å². The van der Waals surface area contributed by atoms with E-state index in [-0.39, 0.29) is 29.2 Å². The molecular formula is C18H13F2N5S. The Labute approximate surface area is 152 Å². The third-order valence-corrected chi connectivity index (χ3v) is 5.56. The lowest BCUT2D eigenvalue weighted by Crippen LogP contribution is -2.17. The molecule has 8 heteroatoms. The van der Waals surface area contributed by atoms with Crippen molar-refractivity contribution in [2.24, 2.45) is 16.6 Å². The van der Waals surface area contributed by atoms with Crippen LogP contribution in [0.1, 0.15) is 35.0 Å². The van der Waals surface area contributed by atoms with Crippen LogP contribution in [0.5, 0.6) is 0 Å². The number of amidine groups is 1. The maximum absolute atomic E-state index is 14.4. The van der Waals surface area contributed by atoms with Gasteiger partial charge in [0, 0.05) is 10.8 Å². The van der Waals surface area contributed by atoms with Crippen molar-refractivity contribution in [1.82, 2.24) is 9.97 Å². The molecule has 26 heavy (non-hydrogen) atoms. The number of hydrogen-bond donors (Lipinski definition) is 1. The molecule has 1 aliphatic heterocycles. The number of rotatable bonds is 3. The molecule has 2 heterocycles. The second-order valence-electron chi connectivity index (χ2n) is 6.14. The van der Waals surface area contributed by atoms with Gasteiger partial charge >= 0.3 is 0 Å². The number of aromatic nitrogens is 2. The predicted octanol–water partition coefficient (Wildman–Crippen LogP) is 3.45. The molecule has 2 N–H and O–H groups in total. The summed E-state index contributed by atoms with van der Waals surface area (Å²) in [7, 11) is 0. The van der Waals surface area contributed by atoms with Crippen molar-refractivity contribution in [3.63, 3.8) is 0 Å². The Morgan fingerprint density at radius 2 is 2.19 bits per heavy atom. The molecule has 0 spiro atoms. The summed E-state index contributed by atoms with van der Waals surface area (Å²) in [6.45, 7) is 0. The maximum Gasteiger partial charge on any atom is 0.158 e. The number of thioether (sulfide) groups is 1. The molecule has 0 amide bonds. The summed E-state index contributed by atoms with van der Waals surface area (Å²) in [5, 5.41) is 9.57. The summed E-state index contributed by atoms with van der Waals surface area (Å²) in [6.07, 6.45) is 4.60. The number of halogens is 2. The van der Waals surface area contributed by atoms with Crippen LogP contribution in [0.4, 0.5) is 8.78 Å². The number of hydrogen-bond acceptors (Lipinski definition) is 6. The molecule has 1 aromatic heterocycles. The lowest BCUT2D eigenvalue weighted by Gasteiger charge is -2.19. The molecule has 0 saturated heterocycles. The minimum Gasteiger partial charge on any atom is -0.379 e. The van der Waals surface area contributed by atoms with Crippen molar-refractivity contribution in [1.29, 1.82) is 5.26 Å². The Morgan fingerprint density at radius 1 is 1.35 bits per heavy atom. The maximum atomic E-state index is 14.4. The van der Waals surface area contributed by atoms with Gasteiger partial charge in [-0.3, -0.25) is 4.99 Å². The molecule has 0 radical (unpaired) electrons. The largest absolute Gasteiger partial charge is 0.379 e. The zero-order valence-electron chi connectivity index (χ0n) is 13.4. The fourth-order valence-corrected chi connectivity index (χ4v) is 4.11. The average Bonchev–Trinajstić information content (AvgIpc) is 3.42. The fourth-order valence-electron chi connectivity index (χ4n) is 2.98. The van der Waals surface area contributed by atoms with E-state index in [0.29, 0.717) is 21.5 Å². The van der Waals surface area contributed by atoms with Crippen LogP contribution in [0.2, 0.25) is 0 Å². The highest BCUT2D eigenvalue weighted by molar-refractivity contribution is 8.14. The minimum atomic E-state index is -0.619. The highest BCUT2D eigenvalue weighted by Crippen LogP contribution is 2.54. The molecule has 1 saturated carbocycles. The Hall–Kier alpha value is -2.79. The quantitative estimate of drug-likeness (QED) is 0.895. The van der Waals surface area contributed by atoms with Gasteiger partial charge in [-0.2, -0.15) is 5.26 Å². The Kier molecular flexibility index (Phi) is 4.17. The van der Waals surface area contributed by atoms with Crippen molar-refractivity contribution >= 4 is 28.8 Å².